The molecule has 1 unspecified atom stereocenters. The van der Waals surface area contributed by atoms with Crippen LogP contribution in [0.3, 0.4) is 0 Å². The minimum Gasteiger partial charge on any atom is -0.387 e. The number of hydrogen-bond acceptors (Lipinski definition) is 2. The molecule has 0 heterocycles. The average Bonchev–Trinajstić information content (AvgIpc) is 2.38. The first-order valence-corrected chi connectivity index (χ1v) is 7.64. The van der Waals surface area contributed by atoms with E-state index in [9.17, 15) is 5.11 Å². The van der Waals surface area contributed by atoms with Crippen LogP contribution in [0.1, 0.15) is 17.2 Å². The summed E-state index contributed by atoms with van der Waals surface area (Å²) in [6, 6.07) is 11.1. The quantitative estimate of drug-likeness (QED) is 0.769. The summed E-state index contributed by atoms with van der Waals surface area (Å²) >= 11 is 15.4. The molecule has 0 aliphatic rings. The number of benzene rings is 2. The molecule has 0 aromatic heterocycles. The smallest absolute Gasteiger partial charge is 0.0977 e. The summed E-state index contributed by atoms with van der Waals surface area (Å²) in [4.78, 5) is 0. The fourth-order valence-corrected chi connectivity index (χ4v) is 2.96. The molecule has 2 rings (SSSR count). The molecule has 2 aromatic carbocycles. The Bertz CT molecular complexity index is 599. The molecule has 0 aliphatic carbocycles. The highest BCUT2D eigenvalue weighted by atomic mass is 79.9. The van der Waals surface area contributed by atoms with Crippen molar-refractivity contribution in [1.82, 2.24) is 0 Å². The molecule has 0 bridgehead atoms. The number of aryl methyl sites for hydroxylation is 1. The summed E-state index contributed by atoms with van der Waals surface area (Å²) in [5.74, 6) is 0. The van der Waals surface area contributed by atoms with Crippen LogP contribution >= 0.6 is 39.1 Å². The molecule has 0 saturated carbocycles. The van der Waals surface area contributed by atoms with E-state index in [0.717, 1.165) is 15.7 Å². The van der Waals surface area contributed by atoms with E-state index < -0.39 is 6.10 Å². The van der Waals surface area contributed by atoms with E-state index in [1.807, 2.05) is 25.1 Å². The van der Waals surface area contributed by atoms with E-state index in [4.69, 9.17) is 23.2 Å². The predicted molar refractivity (Wildman–Crippen MR) is 88.8 cm³/mol. The third-order valence-electron chi connectivity index (χ3n) is 2.86. The molecule has 20 heavy (non-hydrogen) atoms. The van der Waals surface area contributed by atoms with Crippen LogP contribution in [0.25, 0.3) is 0 Å². The Morgan fingerprint density at radius 3 is 2.65 bits per heavy atom. The molecular formula is C15H14BrCl2NO. The first-order valence-electron chi connectivity index (χ1n) is 6.10. The maximum Gasteiger partial charge on any atom is 0.0977 e. The number of hydrogen-bond donors (Lipinski definition) is 2. The third kappa shape index (κ3) is 4.13. The zero-order valence-corrected chi connectivity index (χ0v) is 13.9. The molecule has 0 spiro atoms. The molecular weight excluding hydrogens is 361 g/mol. The van der Waals surface area contributed by atoms with Crippen molar-refractivity contribution in [1.29, 1.82) is 0 Å². The zero-order valence-electron chi connectivity index (χ0n) is 10.8. The van der Waals surface area contributed by atoms with Crippen molar-refractivity contribution in [3.63, 3.8) is 0 Å². The van der Waals surface area contributed by atoms with Crippen LogP contribution in [0.15, 0.2) is 40.9 Å². The molecule has 0 saturated heterocycles. The zero-order chi connectivity index (χ0) is 14.7. The van der Waals surface area contributed by atoms with Gasteiger partial charge in [-0.2, -0.15) is 0 Å². The van der Waals surface area contributed by atoms with E-state index in [-0.39, 0.29) is 0 Å². The molecule has 2 N–H and O–H groups in total. The standard InChI is InChI=1S/C15H14BrCl2NO/c1-9-4-10(16)6-12(5-9)19-8-15(20)13-7-11(17)2-3-14(13)18/h2-7,15,19-20H,8H2,1H3. The second-order valence-electron chi connectivity index (χ2n) is 4.58. The van der Waals surface area contributed by atoms with E-state index in [2.05, 4.69) is 21.2 Å². The van der Waals surface area contributed by atoms with Gasteiger partial charge in [0.15, 0.2) is 0 Å². The Morgan fingerprint density at radius 2 is 1.95 bits per heavy atom. The fraction of sp³-hybridized carbons (Fsp3) is 0.200. The van der Waals surface area contributed by atoms with Gasteiger partial charge in [-0.25, -0.2) is 0 Å². The molecule has 0 fully saturated rings. The normalized spacial score (nSPS) is 12.2. The van der Waals surface area contributed by atoms with Gasteiger partial charge in [0.2, 0.25) is 0 Å². The van der Waals surface area contributed by atoms with E-state index >= 15 is 0 Å². The lowest BCUT2D eigenvalue weighted by Gasteiger charge is -2.15. The van der Waals surface area contributed by atoms with Gasteiger partial charge in [0.05, 0.1) is 6.10 Å². The summed E-state index contributed by atoms with van der Waals surface area (Å²) in [7, 11) is 0. The van der Waals surface area contributed by atoms with Crippen molar-refractivity contribution < 1.29 is 5.11 Å². The summed E-state index contributed by atoms with van der Waals surface area (Å²) in [6.07, 6.45) is -0.722. The number of nitrogens with one attached hydrogen (secondary N) is 1. The van der Waals surface area contributed by atoms with Crippen molar-refractivity contribution in [2.24, 2.45) is 0 Å². The van der Waals surface area contributed by atoms with Gasteiger partial charge in [0.1, 0.15) is 0 Å². The van der Waals surface area contributed by atoms with Gasteiger partial charge in [-0.1, -0.05) is 39.1 Å². The number of halogens is 3. The van der Waals surface area contributed by atoms with Crippen LogP contribution in [0.5, 0.6) is 0 Å². The molecule has 0 aliphatic heterocycles. The second-order valence-corrected chi connectivity index (χ2v) is 6.34. The largest absolute Gasteiger partial charge is 0.387 e. The SMILES string of the molecule is Cc1cc(Br)cc(NCC(O)c2cc(Cl)ccc2Cl)c1. The van der Waals surface area contributed by atoms with Crippen molar-refractivity contribution in [2.45, 2.75) is 13.0 Å². The highest BCUT2D eigenvalue weighted by Gasteiger charge is 2.12. The van der Waals surface area contributed by atoms with Crippen LogP contribution in [0.4, 0.5) is 5.69 Å². The summed E-state index contributed by atoms with van der Waals surface area (Å²) in [6.45, 7) is 2.37. The molecule has 2 nitrogen and oxygen atoms in total. The fourth-order valence-electron chi connectivity index (χ4n) is 1.93. The molecule has 1 atom stereocenters. The van der Waals surface area contributed by atoms with Crippen molar-refractivity contribution >= 4 is 44.8 Å². The highest BCUT2D eigenvalue weighted by molar-refractivity contribution is 9.10. The van der Waals surface area contributed by atoms with Gasteiger partial charge >= 0.3 is 0 Å². The molecule has 5 heteroatoms. The Morgan fingerprint density at radius 1 is 1.20 bits per heavy atom. The Labute approximate surface area is 136 Å². The van der Waals surface area contributed by atoms with Crippen LogP contribution in [0.2, 0.25) is 10.0 Å². The van der Waals surface area contributed by atoms with Crippen molar-refractivity contribution in [2.75, 3.05) is 11.9 Å². The average molecular weight is 375 g/mol. The highest BCUT2D eigenvalue weighted by Crippen LogP contribution is 2.27. The van der Waals surface area contributed by atoms with Gasteiger partial charge in [-0.3, -0.25) is 0 Å². The van der Waals surface area contributed by atoms with Gasteiger partial charge in [-0.15, -0.1) is 0 Å². The second kappa shape index (κ2) is 6.81. The number of rotatable bonds is 4. The topological polar surface area (TPSA) is 32.3 Å². The van der Waals surface area contributed by atoms with Gasteiger partial charge in [0.25, 0.3) is 0 Å². The van der Waals surface area contributed by atoms with Crippen molar-refractivity contribution in [3.8, 4) is 0 Å². The van der Waals surface area contributed by atoms with Crippen LogP contribution in [-0.4, -0.2) is 11.7 Å². The number of aliphatic hydroxyl groups is 1. The number of aliphatic hydroxyl groups excluding tert-OH is 1. The predicted octanol–water partition coefficient (Wildman–Crippen LogP) is 5.21. The Hall–Kier alpha value is -0.740. The molecule has 2 aromatic rings. The van der Waals surface area contributed by atoms with E-state index in [0.29, 0.717) is 22.2 Å². The van der Waals surface area contributed by atoms with E-state index in [1.165, 1.54) is 0 Å². The summed E-state index contributed by atoms with van der Waals surface area (Å²) in [5.41, 5.74) is 2.70. The van der Waals surface area contributed by atoms with Gasteiger partial charge in [-0.05, 0) is 48.9 Å². The molecule has 106 valence electrons. The minimum atomic E-state index is -0.722. The summed E-state index contributed by atoms with van der Waals surface area (Å²) in [5, 5.41) is 14.5. The van der Waals surface area contributed by atoms with Crippen LogP contribution < -0.4 is 5.32 Å². The maximum atomic E-state index is 10.2. The van der Waals surface area contributed by atoms with Crippen LogP contribution in [0, 0.1) is 6.92 Å². The number of anilines is 1. The first-order chi connectivity index (χ1) is 9.45. The summed E-state index contributed by atoms with van der Waals surface area (Å²) < 4.78 is 0.996. The lowest BCUT2D eigenvalue weighted by Crippen LogP contribution is -2.12. The first kappa shape index (κ1) is 15.6. The molecule has 0 radical (unpaired) electrons. The Balaban J connectivity index is 2.08. The minimum absolute atomic E-state index is 0.357. The third-order valence-corrected chi connectivity index (χ3v) is 3.90. The lowest BCUT2D eigenvalue weighted by molar-refractivity contribution is 0.192. The maximum absolute atomic E-state index is 10.2. The van der Waals surface area contributed by atoms with Crippen molar-refractivity contribution in [3.05, 3.63) is 62.0 Å². The van der Waals surface area contributed by atoms with E-state index in [1.54, 1.807) is 18.2 Å². The van der Waals surface area contributed by atoms with Crippen LogP contribution in [-0.2, 0) is 0 Å². The Kier molecular flexibility index (Phi) is 5.33. The van der Waals surface area contributed by atoms with Gasteiger partial charge < -0.3 is 10.4 Å². The lowest BCUT2D eigenvalue weighted by atomic mass is 10.1. The van der Waals surface area contributed by atoms with Gasteiger partial charge in [0, 0.05) is 32.3 Å². The molecule has 0 amide bonds. The monoisotopic (exact) mass is 373 g/mol.